The van der Waals surface area contributed by atoms with Crippen molar-refractivity contribution in [2.75, 3.05) is 13.1 Å². The van der Waals surface area contributed by atoms with Crippen LogP contribution in [0.25, 0.3) is 0 Å². The normalized spacial score (nSPS) is 22.6. The summed E-state index contributed by atoms with van der Waals surface area (Å²) in [4.78, 5) is 22.6. The van der Waals surface area contributed by atoms with E-state index in [2.05, 4.69) is 42.8 Å². The van der Waals surface area contributed by atoms with Crippen molar-refractivity contribution in [3.8, 4) is 0 Å². The van der Waals surface area contributed by atoms with Gasteiger partial charge in [0, 0.05) is 31.5 Å². The SMILES string of the molecule is CC(C)(C)c1nc2c(c(=O)[nH]1)CN(CC1CC=CCC1)CC2. The van der Waals surface area contributed by atoms with Gasteiger partial charge >= 0.3 is 0 Å². The number of H-pyrrole nitrogens is 1. The molecule has 1 unspecified atom stereocenters. The second kappa shape index (κ2) is 5.99. The molecule has 1 aliphatic heterocycles. The van der Waals surface area contributed by atoms with E-state index >= 15 is 0 Å². The number of aromatic nitrogens is 2. The maximum atomic E-state index is 12.4. The van der Waals surface area contributed by atoms with Gasteiger partial charge in [0.25, 0.3) is 5.56 Å². The van der Waals surface area contributed by atoms with E-state index in [1.807, 2.05) is 0 Å². The van der Waals surface area contributed by atoms with Gasteiger partial charge in [0.1, 0.15) is 5.82 Å². The summed E-state index contributed by atoms with van der Waals surface area (Å²) < 4.78 is 0. The number of nitrogens with one attached hydrogen (secondary N) is 1. The predicted molar refractivity (Wildman–Crippen MR) is 89.0 cm³/mol. The lowest BCUT2D eigenvalue weighted by Gasteiger charge is -2.32. The molecule has 3 rings (SSSR count). The number of hydrogen-bond acceptors (Lipinski definition) is 3. The first-order valence-electron chi connectivity index (χ1n) is 8.43. The van der Waals surface area contributed by atoms with Crippen LogP contribution in [0.1, 0.15) is 57.1 Å². The fraction of sp³-hybridized carbons (Fsp3) is 0.667. The zero-order valence-corrected chi connectivity index (χ0v) is 14.0. The molecule has 0 amide bonds. The van der Waals surface area contributed by atoms with Crippen LogP contribution in [0.5, 0.6) is 0 Å². The smallest absolute Gasteiger partial charge is 0.255 e. The van der Waals surface area contributed by atoms with Gasteiger partial charge in [-0.2, -0.15) is 0 Å². The van der Waals surface area contributed by atoms with Gasteiger partial charge < -0.3 is 4.98 Å². The van der Waals surface area contributed by atoms with Crippen molar-refractivity contribution in [2.45, 2.75) is 58.4 Å². The Morgan fingerprint density at radius 2 is 2.18 bits per heavy atom. The van der Waals surface area contributed by atoms with E-state index in [4.69, 9.17) is 4.98 Å². The molecule has 4 nitrogen and oxygen atoms in total. The quantitative estimate of drug-likeness (QED) is 0.855. The fourth-order valence-corrected chi connectivity index (χ4v) is 3.38. The third kappa shape index (κ3) is 3.32. The van der Waals surface area contributed by atoms with Crippen LogP contribution >= 0.6 is 0 Å². The number of fused-ring (bicyclic) bond motifs is 1. The molecule has 2 aliphatic rings. The number of nitrogens with zero attached hydrogens (tertiary/aromatic N) is 2. The lowest BCUT2D eigenvalue weighted by Crippen LogP contribution is -2.39. The summed E-state index contributed by atoms with van der Waals surface area (Å²) in [5, 5.41) is 0. The van der Waals surface area contributed by atoms with E-state index in [9.17, 15) is 4.79 Å². The lowest BCUT2D eigenvalue weighted by atomic mass is 9.92. The molecule has 1 N–H and O–H groups in total. The number of aromatic amines is 1. The van der Waals surface area contributed by atoms with Gasteiger partial charge in [-0.3, -0.25) is 9.69 Å². The standard InChI is InChI=1S/C18H27N3O/c1-18(2,3)17-19-15-9-10-21(12-14(15)16(22)20-17)11-13-7-5-4-6-8-13/h4-5,13H,6-12H2,1-3H3,(H,19,20,22). The molecule has 1 atom stereocenters. The third-order valence-corrected chi connectivity index (χ3v) is 4.75. The molecule has 0 bridgehead atoms. The summed E-state index contributed by atoms with van der Waals surface area (Å²) in [6.45, 7) is 9.13. The topological polar surface area (TPSA) is 49.0 Å². The number of hydrogen-bond donors (Lipinski definition) is 1. The van der Waals surface area contributed by atoms with Gasteiger partial charge in [0.2, 0.25) is 0 Å². The molecule has 0 saturated heterocycles. The Balaban J connectivity index is 1.76. The maximum absolute atomic E-state index is 12.4. The van der Waals surface area contributed by atoms with Crippen molar-refractivity contribution in [1.29, 1.82) is 0 Å². The molecule has 0 radical (unpaired) electrons. The predicted octanol–water partition coefficient (Wildman–Crippen LogP) is 2.78. The summed E-state index contributed by atoms with van der Waals surface area (Å²) in [6.07, 6.45) is 9.14. The summed E-state index contributed by atoms with van der Waals surface area (Å²) in [6, 6.07) is 0. The lowest BCUT2D eigenvalue weighted by molar-refractivity contribution is 0.203. The molecule has 0 aromatic carbocycles. The Labute approximate surface area is 132 Å². The number of allylic oxidation sites excluding steroid dienone is 2. The Bertz CT molecular complexity index is 624. The molecular formula is C18H27N3O. The summed E-state index contributed by atoms with van der Waals surface area (Å²) in [5.41, 5.74) is 1.84. The van der Waals surface area contributed by atoms with Crippen LogP contribution in [0.15, 0.2) is 16.9 Å². The van der Waals surface area contributed by atoms with Gasteiger partial charge in [0.15, 0.2) is 0 Å². The minimum Gasteiger partial charge on any atom is -0.310 e. The van der Waals surface area contributed by atoms with Crippen molar-refractivity contribution >= 4 is 0 Å². The summed E-state index contributed by atoms with van der Waals surface area (Å²) in [5.74, 6) is 1.55. The molecule has 0 saturated carbocycles. The number of rotatable bonds is 2. The largest absolute Gasteiger partial charge is 0.310 e. The highest BCUT2D eigenvalue weighted by Crippen LogP contribution is 2.23. The molecule has 1 aromatic heterocycles. The first-order valence-corrected chi connectivity index (χ1v) is 8.43. The van der Waals surface area contributed by atoms with E-state index < -0.39 is 0 Å². The second-order valence-corrected chi connectivity index (χ2v) is 7.73. The Kier molecular flexibility index (Phi) is 4.22. The Hall–Kier alpha value is -1.42. The van der Waals surface area contributed by atoms with E-state index in [1.54, 1.807) is 0 Å². The van der Waals surface area contributed by atoms with Gasteiger partial charge in [-0.1, -0.05) is 32.9 Å². The molecule has 0 spiro atoms. The highest BCUT2D eigenvalue weighted by atomic mass is 16.1. The molecule has 120 valence electrons. The molecular weight excluding hydrogens is 274 g/mol. The average molecular weight is 301 g/mol. The minimum absolute atomic E-state index is 0.0585. The molecule has 0 fully saturated rings. The molecule has 22 heavy (non-hydrogen) atoms. The van der Waals surface area contributed by atoms with Crippen molar-refractivity contribution in [1.82, 2.24) is 14.9 Å². The van der Waals surface area contributed by atoms with Crippen LogP contribution in [-0.2, 0) is 18.4 Å². The zero-order chi connectivity index (χ0) is 15.7. The fourth-order valence-electron chi connectivity index (χ4n) is 3.38. The second-order valence-electron chi connectivity index (χ2n) is 7.73. The van der Waals surface area contributed by atoms with Crippen LogP contribution in [0.2, 0.25) is 0 Å². The van der Waals surface area contributed by atoms with Crippen molar-refractivity contribution in [2.24, 2.45) is 5.92 Å². The molecule has 1 aromatic rings. The molecule has 4 heteroatoms. The maximum Gasteiger partial charge on any atom is 0.255 e. The minimum atomic E-state index is -0.111. The first-order chi connectivity index (χ1) is 10.4. The Morgan fingerprint density at radius 3 is 2.86 bits per heavy atom. The van der Waals surface area contributed by atoms with Crippen LogP contribution in [0.3, 0.4) is 0 Å². The highest BCUT2D eigenvalue weighted by Gasteiger charge is 2.25. The van der Waals surface area contributed by atoms with Gasteiger partial charge in [-0.25, -0.2) is 4.98 Å². The molecule has 2 heterocycles. The van der Waals surface area contributed by atoms with Gasteiger partial charge in [-0.15, -0.1) is 0 Å². The van der Waals surface area contributed by atoms with Crippen molar-refractivity contribution in [3.63, 3.8) is 0 Å². The van der Waals surface area contributed by atoms with Crippen LogP contribution in [0.4, 0.5) is 0 Å². The van der Waals surface area contributed by atoms with Gasteiger partial charge in [0.05, 0.1) is 11.3 Å². The third-order valence-electron chi connectivity index (χ3n) is 4.75. The Morgan fingerprint density at radius 1 is 1.36 bits per heavy atom. The van der Waals surface area contributed by atoms with E-state index in [0.717, 1.165) is 49.1 Å². The highest BCUT2D eigenvalue weighted by molar-refractivity contribution is 5.22. The van der Waals surface area contributed by atoms with Crippen LogP contribution in [-0.4, -0.2) is 28.0 Å². The van der Waals surface area contributed by atoms with Crippen LogP contribution < -0.4 is 5.56 Å². The zero-order valence-electron chi connectivity index (χ0n) is 14.0. The van der Waals surface area contributed by atoms with Crippen molar-refractivity contribution in [3.05, 3.63) is 39.6 Å². The first kappa shape index (κ1) is 15.5. The van der Waals surface area contributed by atoms with Crippen molar-refractivity contribution < 1.29 is 0 Å². The van der Waals surface area contributed by atoms with Gasteiger partial charge in [-0.05, 0) is 25.2 Å². The molecule has 1 aliphatic carbocycles. The van der Waals surface area contributed by atoms with E-state index in [1.165, 1.54) is 19.3 Å². The monoisotopic (exact) mass is 301 g/mol. The van der Waals surface area contributed by atoms with Crippen LogP contribution in [0, 0.1) is 5.92 Å². The average Bonchev–Trinajstić information content (AvgIpc) is 2.48. The van der Waals surface area contributed by atoms with E-state index in [0.29, 0.717) is 0 Å². The summed E-state index contributed by atoms with van der Waals surface area (Å²) >= 11 is 0. The van der Waals surface area contributed by atoms with E-state index in [-0.39, 0.29) is 11.0 Å². The summed E-state index contributed by atoms with van der Waals surface area (Å²) in [7, 11) is 0.